The van der Waals surface area contributed by atoms with Crippen LogP contribution >= 0.6 is 38.9 Å². The van der Waals surface area contributed by atoms with Gasteiger partial charge in [-0.05, 0) is 36.2 Å². The van der Waals surface area contributed by atoms with Gasteiger partial charge < -0.3 is 4.42 Å². The van der Waals surface area contributed by atoms with Gasteiger partial charge in [-0.15, -0.1) is 11.3 Å². The molecule has 21 heavy (non-hydrogen) atoms. The van der Waals surface area contributed by atoms with Crippen LogP contribution in [-0.2, 0) is 6.54 Å². The van der Waals surface area contributed by atoms with Crippen molar-refractivity contribution in [1.82, 2.24) is 4.57 Å². The van der Waals surface area contributed by atoms with Gasteiger partial charge in [-0.2, -0.15) is 0 Å². The first-order chi connectivity index (χ1) is 10.1. The maximum absolute atomic E-state index is 11.9. The number of thiophene rings is 1. The maximum atomic E-state index is 11.9. The van der Waals surface area contributed by atoms with E-state index in [2.05, 4.69) is 15.9 Å². The third-order valence-electron chi connectivity index (χ3n) is 3.28. The molecule has 0 bridgehead atoms. The van der Waals surface area contributed by atoms with Gasteiger partial charge in [0.25, 0.3) is 0 Å². The molecular formula is C15H13BrClNO2S. The normalized spacial score (nSPS) is 12.9. The zero-order valence-corrected chi connectivity index (χ0v) is 14.5. The molecule has 0 spiro atoms. The highest BCUT2D eigenvalue weighted by molar-refractivity contribution is 9.09. The highest BCUT2D eigenvalue weighted by Crippen LogP contribution is 2.37. The Labute approximate surface area is 139 Å². The minimum Gasteiger partial charge on any atom is -0.408 e. The van der Waals surface area contributed by atoms with Crippen LogP contribution in [0.5, 0.6) is 0 Å². The Morgan fingerprint density at radius 1 is 1.38 bits per heavy atom. The molecule has 3 nitrogen and oxygen atoms in total. The molecular weight excluding hydrogens is 374 g/mol. The molecule has 2 aromatic heterocycles. The zero-order valence-electron chi connectivity index (χ0n) is 11.3. The van der Waals surface area contributed by atoms with Gasteiger partial charge in [0.1, 0.15) is 0 Å². The van der Waals surface area contributed by atoms with Crippen LogP contribution in [0.3, 0.4) is 0 Å². The molecule has 0 aliphatic carbocycles. The predicted molar refractivity (Wildman–Crippen MR) is 90.9 cm³/mol. The Bertz CT molecular complexity index is 836. The Morgan fingerprint density at radius 2 is 2.19 bits per heavy atom. The molecule has 3 rings (SSSR count). The van der Waals surface area contributed by atoms with Gasteiger partial charge in [-0.25, -0.2) is 4.79 Å². The monoisotopic (exact) mass is 385 g/mol. The average molecular weight is 387 g/mol. The van der Waals surface area contributed by atoms with Gasteiger partial charge in [-0.3, -0.25) is 4.57 Å². The smallest absolute Gasteiger partial charge is 0.408 e. The Kier molecular flexibility index (Phi) is 4.24. The van der Waals surface area contributed by atoms with Crippen LogP contribution < -0.4 is 5.76 Å². The number of halogens is 2. The molecule has 0 radical (unpaired) electrons. The zero-order chi connectivity index (χ0) is 15.0. The minimum absolute atomic E-state index is 0.0410. The lowest BCUT2D eigenvalue weighted by Gasteiger charge is -2.08. The second-order valence-corrected chi connectivity index (χ2v) is 7.41. The second kappa shape index (κ2) is 5.99. The van der Waals surface area contributed by atoms with Gasteiger partial charge in [0, 0.05) is 11.4 Å². The average Bonchev–Trinajstić information content (AvgIpc) is 3.02. The molecule has 6 heteroatoms. The lowest BCUT2D eigenvalue weighted by atomic mass is 10.1. The van der Waals surface area contributed by atoms with Crippen molar-refractivity contribution < 1.29 is 4.42 Å². The largest absolute Gasteiger partial charge is 0.419 e. The molecule has 1 atom stereocenters. The molecule has 0 aliphatic rings. The molecule has 0 N–H and O–H groups in total. The quantitative estimate of drug-likeness (QED) is 0.577. The van der Waals surface area contributed by atoms with Gasteiger partial charge in [0.05, 0.1) is 14.7 Å². The van der Waals surface area contributed by atoms with E-state index < -0.39 is 0 Å². The number of alkyl halides is 1. The van der Waals surface area contributed by atoms with Crippen molar-refractivity contribution in [2.24, 2.45) is 0 Å². The molecule has 0 amide bonds. The number of aryl methyl sites for hydroxylation is 1. The molecule has 0 saturated carbocycles. The molecule has 3 aromatic rings. The Balaban J connectivity index is 2.03. The van der Waals surface area contributed by atoms with Crippen molar-refractivity contribution in [3.05, 3.63) is 55.7 Å². The first kappa shape index (κ1) is 14.9. The predicted octanol–water partition coefficient (Wildman–Crippen LogP) is 5.20. The lowest BCUT2D eigenvalue weighted by molar-refractivity contribution is 0.502. The first-order valence-corrected chi connectivity index (χ1v) is 8.73. The third-order valence-corrected chi connectivity index (χ3v) is 5.90. The van der Waals surface area contributed by atoms with Crippen LogP contribution in [0.2, 0.25) is 4.34 Å². The van der Waals surface area contributed by atoms with Gasteiger partial charge in [0.2, 0.25) is 0 Å². The van der Waals surface area contributed by atoms with Crippen LogP contribution in [0.15, 0.2) is 39.5 Å². The fourth-order valence-corrected chi connectivity index (χ4v) is 4.09. The summed E-state index contributed by atoms with van der Waals surface area (Å²) in [6.07, 6.45) is 0.894. The third kappa shape index (κ3) is 2.82. The number of oxazole rings is 1. The van der Waals surface area contributed by atoms with Crippen LogP contribution in [0.4, 0.5) is 0 Å². The van der Waals surface area contributed by atoms with E-state index in [1.807, 2.05) is 37.3 Å². The summed E-state index contributed by atoms with van der Waals surface area (Å²) in [4.78, 5) is 13.0. The van der Waals surface area contributed by atoms with E-state index in [1.165, 1.54) is 11.3 Å². The molecule has 0 aliphatic heterocycles. The number of benzene rings is 1. The molecule has 110 valence electrons. The Morgan fingerprint density at radius 3 is 2.86 bits per heavy atom. The highest BCUT2D eigenvalue weighted by atomic mass is 79.9. The number of hydrogen-bond acceptors (Lipinski definition) is 3. The van der Waals surface area contributed by atoms with Crippen molar-refractivity contribution in [3.63, 3.8) is 0 Å². The number of hydrogen-bond donors (Lipinski definition) is 0. The highest BCUT2D eigenvalue weighted by Gasteiger charge is 2.16. The number of fused-ring (bicyclic) bond motifs is 1. The van der Waals surface area contributed by atoms with Crippen molar-refractivity contribution in [3.8, 4) is 0 Å². The number of aromatic nitrogens is 1. The van der Waals surface area contributed by atoms with Gasteiger partial charge in [0.15, 0.2) is 5.58 Å². The van der Waals surface area contributed by atoms with Crippen LogP contribution in [0.25, 0.3) is 11.1 Å². The number of nitrogens with zero attached hydrogens (tertiary/aromatic N) is 1. The van der Waals surface area contributed by atoms with Gasteiger partial charge in [-0.1, -0.05) is 40.5 Å². The second-order valence-electron chi connectivity index (χ2n) is 4.75. The first-order valence-electron chi connectivity index (χ1n) is 6.62. The fraction of sp³-hybridized carbons (Fsp3) is 0.267. The van der Waals surface area contributed by atoms with E-state index in [1.54, 1.807) is 4.57 Å². The summed E-state index contributed by atoms with van der Waals surface area (Å²) in [5.41, 5.74) is 2.51. The summed E-state index contributed by atoms with van der Waals surface area (Å²) in [6.45, 7) is 2.71. The number of rotatable bonds is 4. The van der Waals surface area contributed by atoms with Crippen LogP contribution in [0, 0.1) is 0 Å². The van der Waals surface area contributed by atoms with E-state index in [4.69, 9.17) is 16.0 Å². The summed E-state index contributed by atoms with van der Waals surface area (Å²) in [6, 6.07) is 9.74. The van der Waals surface area contributed by atoms with Crippen molar-refractivity contribution >= 4 is 50.0 Å². The molecule has 0 saturated heterocycles. The fourth-order valence-electron chi connectivity index (χ4n) is 2.30. The van der Waals surface area contributed by atoms with Crippen LogP contribution in [0.1, 0.15) is 28.6 Å². The maximum Gasteiger partial charge on any atom is 0.419 e. The summed E-state index contributed by atoms with van der Waals surface area (Å²) in [5.74, 6) is -0.297. The van der Waals surface area contributed by atoms with E-state index >= 15 is 0 Å². The molecule has 0 fully saturated rings. The topological polar surface area (TPSA) is 35.1 Å². The SMILES string of the molecule is CCCn1c(=O)oc2cc(C(Br)c3ccc(Cl)s3)ccc21. The van der Waals surface area contributed by atoms with E-state index in [-0.39, 0.29) is 10.6 Å². The van der Waals surface area contributed by atoms with E-state index in [0.717, 1.165) is 26.7 Å². The molecule has 1 aromatic carbocycles. The van der Waals surface area contributed by atoms with Crippen LogP contribution in [-0.4, -0.2) is 4.57 Å². The minimum atomic E-state index is -0.297. The summed E-state index contributed by atoms with van der Waals surface area (Å²) in [5, 5.41) is 0. The van der Waals surface area contributed by atoms with Gasteiger partial charge >= 0.3 is 5.76 Å². The van der Waals surface area contributed by atoms with Crippen molar-refractivity contribution in [1.29, 1.82) is 0 Å². The Hall–Kier alpha value is -1.04. The summed E-state index contributed by atoms with van der Waals surface area (Å²) >= 11 is 11.2. The van der Waals surface area contributed by atoms with E-state index in [0.29, 0.717) is 12.1 Å². The lowest BCUT2D eigenvalue weighted by Crippen LogP contribution is -2.13. The van der Waals surface area contributed by atoms with E-state index in [9.17, 15) is 4.79 Å². The summed E-state index contributed by atoms with van der Waals surface area (Å²) in [7, 11) is 0. The summed E-state index contributed by atoms with van der Waals surface area (Å²) < 4.78 is 7.78. The molecule has 2 heterocycles. The molecule has 1 unspecified atom stereocenters. The van der Waals surface area contributed by atoms with Crippen molar-refractivity contribution in [2.45, 2.75) is 24.7 Å². The van der Waals surface area contributed by atoms with Crippen molar-refractivity contribution in [2.75, 3.05) is 0 Å². The standard InChI is InChI=1S/C15H13BrClNO2S/c1-2-7-18-10-4-3-9(8-11(10)20-15(18)19)14(16)12-5-6-13(17)21-12/h3-6,8,14H,2,7H2,1H3.